The molecule has 3 amide bonds. The highest BCUT2D eigenvalue weighted by Gasteiger charge is 2.26. The molecule has 0 aromatic carbocycles. The molecule has 3 atom stereocenters. The van der Waals surface area contributed by atoms with Crippen molar-refractivity contribution in [2.45, 2.75) is 30.8 Å². The zero-order valence-corrected chi connectivity index (χ0v) is 10.7. The van der Waals surface area contributed by atoms with Crippen LogP contribution < -0.4 is 11.1 Å². The maximum Gasteiger partial charge on any atom is 0.318 e. The number of primary amides is 1. The summed E-state index contributed by atoms with van der Waals surface area (Å²) in [4.78, 5) is 32.7. The van der Waals surface area contributed by atoms with Gasteiger partial charge in [0.1, 0.15) is 5.25 Å². The molecule has 0 radical (unpaired) electrons. The maximum absolute atomic E-state index is 11.8. The van der Waals surface area contributed by atoms with E-state index in [-0.39, 0.29) is 6.42 Å². The standard InChI is InChI=1S/C9H16N2O5S/c1-5(4-7(12)16-3)17(15)6(2)8(13)11-9(10)14/h5-6H,4H2,1-3H3,(H3,10,11,13,14). The Balaban J connectivity index is 4.43. The Bertz CT molecular complexity index is 344. The van der Waals surface area contributed by atoms with Crippen LogP contribution in [0.15, 0.2) is 0 Å². The first-order valence-electron chi connectivity index (χ1n) is 4.86. The summed E-state index contributed by atoms with van der Waals surface area (Å²) in [5.74, 6) is -1.24. The van der Waals surface area contributed by atoms with Crippen molar-refractivity contribution in [3.8, 4) is 0 Å². The van der Waals surface area contributed by atoms with Gasteiger partial charge in [0.25, 0.3) is 0 Å². The number of hydrogen-bond donors (Lipinski definition) is 2. The van der Waals surface area contributed by atoms with Gasteiger partial charge in [-0.2, -0.15) is 0 Å². The molecule has 0 aliphatic heterocycles. The summed E-state index contributed by atoms with van der Waals surface area (Å²) in [6, 6.07) is -1.00. The normalized spacial score (nSPS) is 15.5. The third kappa shape index (κ3) is 5.43. The highest BCUT2D eigenvalue weighted by Crippen LogP contribution is 2.08. The summed E-state index contributed by atoms with van der Waals surface area (Å²) in [6.07, 6.45) is -0.0582. The van der Waals surface area contributed by atoms with Crippen LogP contribution in [0.2, 0.25) is 0 Å². The number of esters is 1. The van der Waals surface area contributed by atoms with Gasteiger partial charge in [-0.25, -0.2) is 4.79 Å². The molecule has 3 unspecified atom stereocenters. The molecule has 7 nitrogen and oxygen atoms in total. The van der Waals surface area contributed by atoms with Crippen LogP contribution in [-0.4, -0.2) is 39.7 Å². The molecule has 98 valence electrons. The SMILES string of the molecule is COC(=O)CC(C)S(=O)C(C)C(=O)NC(N)=O. The number of ether oxygens (including phenoxy) is 1. The molecule has 3 N–H and O–H groups in total. The van der Waals surface area contributed by atoms with E-state index in [1.165, 1.54) is 14.0 Å². The summed E-state index contributed by atoms with van der Waals surface area (Å²) >= 11 is 0. The molecule has 0 aromatic rings. The largest absolute Gasteiger partial charge is 0.469 e. The van der Waals surface area contributed by atoms with Crippen molar-refractivity contribution in [1.82, 2.24) is 5.32 Å². The molecule has 0 aromatic heterocycles. The number of imide groups is 1. The molecule has 17 heavy (non-hydrogen) atoms. The Labute approximate surface area is 102 Å². The van der Waals surface area contributed by atoms with Gasteiger partial charge >= 0.3 is 12.0 Å². The topological polar surface area (TPSA) is 116 Å². The van der Waals surface area contributed by atoms with Gasteiger partial charge in [-0.05, 0) is 6.92 Å². The average molecular weight is 264 g/mol. The molecule has 0 saturated heterocycles. The number of carbonyl (C=O) groups excluding carboxylic acids is 3. The second kappa shape index (κ2) is 7.00. The van der Waals surface area contributed by atoms with Crippen LogP contribution in [0, 0.1) is 0 Å². The first-order valence-corrected chi connectivity index (χ1v) is 6.13. The summed E-state index contributed by atoms with van der Waals surface area (Å²) in [6.45, 7) is 2.95. The summed E-state index contributed by atoms with van der Waals surface area (Å²) in [5, 5.41) is 0.362. The minimum absolute atomic E-state index is 0.0582. The Hall–Kier alpha value is -1.44. The van der Waals surface area contributed by atoms with Gasteiger partial charge in [0, 0.05) is 16.0 Å². The quantitative estimate of drug-likeness (QED) is 0.635. The highest BCUT2D eigenvalue weighted by molar-refractivity contribution is 7.87. The van der Waals surface area contributed by atoms with Crippen molar-refractivity contribution in [1.29, 1.82) is 0 Å². The van der Waals surface area contributed by atoms with Crippen molar-refractivity contribution in [3.63, 3.8) is 0 Å². The van der Waals surface area contributed by atoms with Gasteiger partial charge in [0.2, 0.25) is 5.91 Å². The van der Waals surface area contributed by atoms with E-state index in [2.05, 4.69) is 4.74 Å². The van der Waals surface area contributed by atoms with Crippen molar-refractivity contribution in [2.75, 3.05) is 7.11 Å². The molecule has 0 spiro atoms. The lowest BCUT2D eigenvalue weighted by Crippen LogP contribution is -2.43. The second-order valence-electron chi connectivity index (χ2n) is 3.42. The molecular weight excluding hydrogens is 248 g/mol. The van der Waals surface area contributed by atoms with Crippen LogP contribution in [-0.2, 0) is 25.1 Å². The van der Waals surface area contributed by atoms with Crippen LogP contribution in [0.5, 0.6) is 0 Å². The molecule has 0 heterocycles. The third-order valence-corrected chi connectivity index (χ3v) is 3.91. The van der Waals surface area contributed by atoms with E-state index in [4.69, 9.17) is 5.73 Å². The summed E-state index contributed by atoms with van der Waals surface area (Å²) < 4.78 is 16.2. The third-order valence-electron chi connectivity index (χ3n) is 2.04. The lowest BCUT2D eigenvalue weighted by Gasteiger charge is -2.15. The molecule has 8 heteroatoms. The summed E-state index contributed by atoms with van der Waals surface area (Å²) in [7, 11) is -0.375. The van der Waals surface area contributed by atoms with E-state index in [1.807, 2.05) is 5.32 Å². The number of nitrogens with one attached hydrogen (secondary N) is 1. The number of nitrogens with two attached hydrogens (primary N) is 1. The fourth-order valence-electron chi connectivity index (χ4n) is 1.08. The van der Waals surface area contributed by atoms with Crippen molar-refractivity contribution < 1.29 is 23.3 Å². The average Bonchev–Trinajstić information content (AvgIpc) is 2.25. The number of carbonyl (C=O) groups is 3. The lowest BCUT2D eigenvalue weighted by molar-refractivity contribution is -0.140. The summed E-state index contributed by atoms with van der Waals surface area (Å²) in [5.41, 5.74) is 4.77. The van der Waals surface area contributed by atoms with Gasteiger partial charge in [0.15, 0.2) is 0 Å². The van der Waals surface area contributed by atoms with Crippen LogP contribution >= 0.6 is 0 Å². The molecule has 0 bridgehead atoms. The number of urea groups is 1. The fourth-order valence-corrected chi connectivity index (χ4v) is 2.34. The van der Waals surface area contributed by atoms with E-state index < -0.39 is 39.2 Å². The Morgan fingerprint density at radius 3 is 2.29 bits per heavy atom. The monoisotopic (exact) mass is 264 g/mol. The maximum atomic E-state index is 11.8. The first kappa shape index (κ1) is 15.6. The molecule has 0 aliphatic rings. The molecule has 0 aliphatic carbocycles. The van der Waals surface area contributed by atoms with E-state index in [1.54, 1.807) is 6.92 Å². The Morgan fingerprint density at radius 1 is 1.35 bits per heavy atom. The second-order valence-corrected chi connectivity index (χ2v) is 5.58. The minimum Gasteiger partial charge on any atom is -0.469 e. The predicted molar refractivity (Wildman–Crippen MR) is 61.4 cm³/mol. The predicted octanol–water partition coefficient (Wildman–Crippen LogP) is -0.730. The van der Waals surface area contributed by atoms with E-state index in [0.29, 0.717) is 0 Å². The van der Waals surface area contributed by atoms with Crippen molar-refractivity contribution in [3.05, 3.63) is 0 Å². The van der Waals surface area contributed by atoms with Crippen molar-refractivity contribution >= 4 is 28.7 Å². The van der Waals surface area contributed by atoms with Gasteiger partial charge < -0.3 is 10.5 Å². The molecule has 0 rings (SSSR count). The zero-order chi connectivity index (χ0) is 13.6. The fraction of sp³-hybridized carbons (Fsp3) is 0.667. The van der Waals surface area contributed by atoms with Crippen LogP contribution in [0.1, 0.15) is 20.3 Å². The minimum atomic E-state index is -1.60. The molecular formula is C9H16N2O5S. The van der Waals surface area contributed by atoms with Gasteiger partial charge in [-0.15, -0.1) is 0 Å². The van der Waals surface area contributed by atoms with E-state index in [9.17, 15) is 18.6 Å². The van der Waals surface area contributed by atoms with Gasteiger partial charge in [-0.3, -0.25) is 19.1 Å². The van der Waals surface area contributed by atoms with Crippen LogP contribution in [0.3, 0.4) is 0 Å². The smallest absolute Gasteiger partial charge is 0.318 e. The number of hydrogen-bond acceptors (Lipinski definition) is 5. The zero-order valence-electron chi connectivity index (χ0n) is 9.89. The number of rotatable bonds is 5. The van der Waals surface area contributed by atoms with Crippen molar-refractivity contribution in [2.24, 2.45) is 5.73 Å². The lowest BCUT2D eigenvalue weighted by atomic mass is 10.3. The van der Waals surface area contributed by atoms with Crippen LogP contribution in [0.25, 0.3) is 0 Å². The highest BCUT2D eigenvalue weighted by atomic mass is 32.2. The van der Waals surface area contributed by atoms with E-state index in [0.717, 1.165) is 0 Å². The number of amides is 3. The molecule has 0 saturated carbocycles. The number of methoxy groups -OCH3 is 1. The van der Waals surface area contributed by atoms with Crippen LogP contribution in [0.4, 0.5) is 4.79 Å². The molecule has 0 fully saturated rings. The first-order chi connectivity index (χ1) is 7.79. The Kier molecular flexibility index (Phi) is 6.40. The Morgan fingerprint density at radius 2 is 1.88 bits per heavy atom. The van der Waals surface area contributed by atoms with E-state index >= 15 is 0 Å². The van der Waals surface area contributed by atoms with Gasteiger partial charge in [-0.1, -0.05) is 6.92 Å². The van der Waals surface area contributed by atoms with Gasteiger partial charge in [0.05, 0.1) is 13.5 Å².